The lowest BCUT2D eigenvalue weighted by molar-refractivity contribution is -0.132. The highest BCUT2D eigenvalue weighted by Crippen LogP contribution is 2.21. The van der Waals surface area contributed by atoms with E-state index in [1.54, 1.807) is 22.3 Å². The molecule has 1 N–H and O–H groups in total. The number of carbonyl (C=O) groups excluding carboxylic acids is 2. The molecule has 1 aromatic heterocycles. The summed E-state index contributed by atoms with van der Waals surface area (Å²) < 4.78 is 0. The molecule has 0 aliphatic carbocycles. The lowest BCUT2D eigenvalue weighted by atomic mass is 10.2. The smallest absolute Gasteiger partial charge is 0.247 e. The van der Waals surface area contributed by atoms with Gasteiger partial charge in [0, 0.05) is 28.1 Å². The van der Waals surface area contributed by atoms with Crippen LogP contribution >= 0.6 is 11.3 Å². The van der Waals surface area contributed by atoms with Gasteiger partial charge in [-0.3, -0.25) is 9.59 Å². The molecule has 1 aromatic carbocycles. The van der Waals surface area contributed by atoms with Crippen LogP contribution in [0.1, 0.15) is 22.6 Å². The molecule has 4 nitrogen and oxygen atoms in total. The molecular formula is C19H20N2O2S. The van der Waals surface area contributed by atoms with E-state index in [1.165, 1.54) is 4.88 Å². The highest BCUT2D eigenvalue weighted by atomic mass is 32.1. The quantitative estimate of drug-likeness (QED) is 0.863. The van der Waals surface area contributed by atoms with E-state index < -0.39 is 6.04 Å². The van der Waals surface area contributed by atoms with Crippen LogP contribution in [0.4, 0.5) is 5.69 Å². The Morgan fingerprint density at radius 1 is 1.21 bits per heavy atom. The van der Waals surface area contributed by atoms with Crippen molar-refractivity contribution in [1.29, 1.82) is 0 Å². The fourth-order valence-electron chi connectivity index (χ4n) is 2.84. The van der Waals surface area contributed by atoms with Crippen molar-refractivity contribution in [3.63, 3.8) is 0 Å². The van der Waals surface area contributed by atoms with Crippen LogP contribution in [0.3, 0.4) is 0 Å². The van der Waals surface area contributed by atoms with Crippen LogP contribution in [0, 0.1) is 6.92 Å². The number of benzene rings is 1. The Labute approximate surface area is 145 Å². The van der Waals surface area contributed by atoms with Crippen LogP contribution in [-0.2, 0) is 9.59 Å². The van der Waals surface area contributed by atoms with Gasteiger partial charge in [0.15, 0.2) is 0 Å². The standard InChI is InChI=1S/C19H20N2O2S/c1-14-9-10-16(24-14)11-12-18(22)21-13-5-8-17(21)19(23)20-15-6-3-2-4-7-15/h2-4,6-7,9-12,17H,5,8,13H2,1H3,(H,20,23). The Morgan fingerprint density at radius 2 is 2.00 bits per heavy atom. The zero-order valence-electron chi connectivity index (χ0n) is 13.6. The maximum absolute atomic E-state index is 12.5. The number of amides is 2. The molecule has 1 saturated heterocycles. The molecule has 1 unspecified atom stereocenters. The van der Waals surface area contributed by atoms with Gasteiger partial charge in [-0.05, 0) is 50.1 Å². The summed E-state index contributed by atoms with van der Waals surface area (Å²) in [5, 5.41) is 2.89. The Morgan fingerprint density at radius 3 is 2.71 bits per heavy atom. The third-order valence-electron chi connectivity index (χ3n) is 4.03. The molecule has 1 aliphatic heterocycles. The van der Waals surface area contributed by atoms with E-state index in [-0.39, 0.29) is 11.8 Å². The van der Waals surface area contributed by atoms with Crippen molar-refractivity contribution in [2.24, 2.45) is 0 Å². The molecule has 0 bridgehead atoms. The van der Waals surface area contributed by atoms with Gasteiger partial charge in [-0.25, -0.2) is 0 Å². The van der Waals surface area contributed by atoms with E-state index in [9.17, 15) is 9.59 Å². The lowest BCUT2D eigenvalue weighted by Crippen LogP contribution is -2.42. The van der Waals surface area contributed by atoms with Crippen LogP contribution in [0.5, 0.6) is 0 Å². The zero-order chi connectivity index (χ0) is 16.9. The fourth-order valence-corrected chi connectivity index (χ4v) is 3.62. The third-order valence-corrected chi connectivity index (χ3v) is 5.00. The summed E-state index contributed by atoms with van der Waals surface area (Å²) in [4.78, 5) is 28.9. The first-order valence-corrected chi connectivity index (χ1v) is 8.86. The van der Waals surface area contributed by atoms with Crippen LogP contribution in [0.2, 0.25) is 0 Å². The minimum atomic E-state index is -0.396. The molecule has 1 atom stereocenters. The molecular weight excluding hydrogens is 320 g/mol. The molecule has 1 aliphatic rings. The minimum absolute atomic E-state index is 0.105. The maximum atomic E-state index is 12.5. The topological polar surface area (TPSA) is 49.4 Å². The Hall–Kier alpha value is -2.40. The molecule has 0 radical (unpaired) electrons. The van der Waals surface area contributed by atoms with Crippen molar-refractivity contribution < 1.29 is 9.59 Å². The second kappa shape index (κ2) is 7.45. The number of nitrogens with zero attached hydrogens (tertiary/aromatic N) is 1. The first kappa shape index (κ1) is 16.5. The number of anilines is 1. The number of thiophene rings is 1. The monoisotopic (exact) mass is 340 g/mol. The van der Waals surface area contributed by atoms with Crippen molar-refractivity contribution >= 4 is 34.9 Å². The van der Waals surface area contributed by atoms with Crippen LogP contribution in [-0.4, -0.2) is 29.3 Å². The summed E-state index contributed by atoms with van der Waals surface area (Å²) in [5.74, 6) is -0.223. The van der Waals surface area contributed by atoms with E-state index in [0.29, 0.717) is 13.0 Å². The van der Waals surface area contributed by atoms with Gasteiger partial charge in [-0.15, -0.1) is 11.3 Å². The molecule has 24 heavy (non-hydrogen) atoms. The summed E-state index contributed by atoms with van der Waals surface area (Å²) >= 11 is 1.64. The summed E-state index contributed by atoms with van der Waals surface area (Å²) in [6.07, 6.45) is 4.95. The third kappa shape index (κ3) is 3.92. The number of carbonyl (C=O) groups is 2. The molecule has 1 fully saturated rings. The van der Waals surface area contributed by atoms with Gasteiger partial charge in [0.25, 0.3) is 0 Å². The average molecular weight is 340 g/mol. The predicted molar refractivity (Wildman–Crippen MR) is 97.9 cm³/mol. The number of para-hydroxylation sites is 1. The van der Waals surface area contributed by atoms with E-state index >= 15 is 0 Å². The molecule has 124 valence electrons. The van der Waals surface area contributed by atoms with Crippen molar-refractivity contribution in [3.05, 3.63) is 58.3 Å². The van der Waals surface area contributed by atoms with Crippen molar-refractivity contribution in [2.75, 3.05) is 11.9 Å². The van der Waals surface area contributed by atoms with E-state index in [0.717, 1.165) is 17.0 Å². The summed E-state index contributed by atoms with van der Waals surface area (Å²) in [5.41, 5.74) is 0.756. The largest absolute Gasteiger partial charge is 0.327 e. The first-order chi connectivity index (χ1) is 11.6. The Kier molecular flexibility index (Phi) is 5.11. The van der Waals surface area contributed by atoms with Gasteiger partial charge in [0.05, 0.1) is 0 Å². The van der Waals surface area contributed by atoms with Gasteiger partial charge in [0.2, 0.25) is 11.8 Å². The molecule has 2 amide bonds. The van der Waals surface area contributed by atoms with Crippen molar-refractivity contribution in [1.82, 2.24) is 4.90 Å². The second-order valence-corrected chi connectivity index (χ2v) is 7.15. The molecule has 5 heteroatoms. The average Bonchev–Trinajstić information content (AvgIpc) is 3.22. The SMILES string of the molecule is Cc1ccc(C=CC(=O)N2CCCC2C(=O)Nc2ccccc2)s1. The molecule has 0 spiro atoms. The number of aryl methyl sites for hydroxylation is 1. The van der Waals surface area contributed by atoms with Gasteiger partial charge >= 0.3 is 0 Å². The van der Waals surface area contributed by atoms with Crippen LogP contribution in [0.25, 0.3) is 6.08 Å². The van der Waals surface area contributed by atoms with Crippen molar-refractivity contribution in [2.45, 2.75) is 25.8 Å². The highest BCUT2D eigenvalue weighted by Gasteiger charge is 2.33. The Bertz CT molecular complexity index is 752. The van der Waals surface area contributed by atoms with Crippen LogP contribution < -0.4 is 5.32 Å². The Balaban J connectivity index is 1.65. The predicted octanol–water partition coefficient (Wildman–Crippen LogP) is 3.70. The number of rotatable bonds is 4. The highest BCUT2D eigenvalue weighted by molar-refractivity contribution is 7.12. The molecule has 2 aromatic rings. The van der Waals surface area contributed by atoms with Gasteiger partial charge in [-0.1, -0.05) is 18.2 Å². The first-order valence-electron chi connectivity index (χ1n) is 8.04. The second-order valence-electron chi connectivity index (χ2n) is 5.83. The summed E-state index contributed by atoms with van der Waals surface area (Å²) in [7, 11) is 0. The summed E-state index contributed by atoms with van der Waals surface area (Å²) in [6, 6.07) is 13.0. The fraction of sp³-hybridized carbons (Fsp3) is 0.263. The number of likely N-dealkylation sites (tertiary alicyclic amines) is 1. The molecule has 2 heterocycles. The molecule has 3 rings (SSSR count). The number of nitrogens with one attached hydrogen (secondary N) is 1. The normalized spacial score (nSPS) is 17.4. The van der Waals surface area contributed by atoms with E-state index in [4.69, 9.17) is 0 Å². The van der Waals surface area contributed by atoms with Gasteiger partial charge in [0.1, 0.15) is 6.04 Å². The number of hydrogen-bond donors (Lipinski definition) is 1. The summed E-state index contributed by atoms with van der Waals surface area (Å²) in [6.45, 7) is 2.66. The van der Waals surface area contributed by atoms with Crippen molar-refractivity contribution in [3.8, 4) is 0 Å². The van der Waals surface area contributed by atoms with Crippen LogP contribution in [0.15, 0.2) is 48.5 Å². The van der Waals surface area contributed by atoms with E-state index in [1.807, 2.05) is 55.5 Å². The minimum Gasteiger partial charge on any atom is -0.327 e. The zero-order valence-corrected chi connectivity index (χ0v) is 14.4. The van der Waals surface area contributed by atoms with E-state index in [2.05, 4.69) is 5.32 Å². The van der Waals surface area contributed by atoms with Gasteiger partial charge in [-0.2, -0.15) is 0 Å². The number of hydrogen-bond acceptors (Lipinski definition) is 3. The maximum Gasteiger partial charge on any atom is 0.247 e. The molecule has 0 saturated carbocycles. The lowest BCUT2D eigenvalue weighted by Gasteiger charge is -2.22. The van der Waals surface area contributed by atoms with Gasteiger partial charge < -0.3 is 10.2 Å².